The van der Waals surface area contributed by atoms with Crippen LogP contribution in [0.2, 0.25) is 0 Å². The first-order valence-corrected chi connectivity index (χ1v) is 7.09. The summed E-state index contributed by atoms with van der Waals surface area (Å²) in [5.41, 5.74) is 9.22. The van der Waals surface area contributed by atoms with Crippen molar-refractivity contribution in [3.63, 3.8) is 0 Å². The van der Waals surface area contributed by atoms with Crippen LogP contribution >= 0.6 is 12.4 Å². The summed E-state index contributed by atoms with van der Waals surface area (Å²) in [6.45, 7) is 6.89. The number of rotatable bonds is 4. The quantitative estimate of drug-likeness (QED) is 0.844. The summed E-state index contributed by atoms with van der Waals surface area (Å²) in [5, 5.41) is 2.99. The highest BCUT2D eigenvalue weighted by Crippen LogP contribution is 2.22. The zero-order valence-electron chi connectivity index (χ0n) is 13.2. The maximum atomic E-state index is 12.2. The summed E-state index contributed by atoms with van der Waals surface area (Å²) in [7, 11) is 0. The smallest absolute Gasteiger partial charge is 0.251 e. The molecule has 0 saturated heterocycles. The van der Waals surface area contributed by atoms with Gasteiger partial charge < -0.3 is 11.1 Å². The first kappa shape index (κ1) is 18.1. The first-order chi connectivity index (χ1) is 9.88. The molecule has 118 valence electrons. The molecule has 0 atom stereocenters. The van der Waals surface area contributed by atoms with Gasteiger partial charge in [-0.15, -0.1) is 12.4 Å². The lowest BCUT2D eigenvalue weighted by atomic mass is 9.84. The number of hydrogen-bond donors (Lipinski definition) is 2. The molecule has 0 unspecified atom stereocenters. The van der Waals surface area contributed by atoms with E-state index in [0.29, 0.717) is 17.8 Å². The average molecular weight is 319 g/mol. The molecule has 4 heteroatoms. The molecule has 1 amide bonds. The number of benzene rings is 2. The third-order valence-electron chi connectivity index (χ3n) is 3.67. The Morgan fingerprint density at radius 2 is 1.77 bits per heavy atom. The fourth-order valence-corrected chi connectivity index (χ4v) is 2.19. The largest absolute Gasteiger partial charge is 0.399 e. The normalized spacial score (nSPS) is 10.7. The Morgan fingerprint density at radius 1 is 1.14 bits per heavy atom. The predicted molar refractivity (Wildman–Crippen MR) is 94.6 cm³/mol. The molecule has 0 aliphatic heterocycles. The van der Waals surface area contributed by atoms with Crippen LogP contribution in [-0.2, 0) is 5.41 Å². The summed E-state index contributed by atoms with van der Waals surface area (Å²) in [4.78, 5) is 12.2. The minimum absolute atomic E-state index is 0. The fourth-order valence-electron chi connectivity index (χ4n) is 2.19. The van der Waals surface area contributed by atoms with Crippen LogP contribution in [-0.4, -0.2) is 12.5 Å². The Labute approximate surface area is 138 Å². The van der Waals surface area contributed by atoms with E-state index in [2.05, 4.69) is 50.4 Å². The van der Waals surface area contributed by atoms with Crippen molar-refractivity contribution >= 4 is 24.0 Å². The van der Waals surface area contributed by atoms with Gasteiger partial charge in [0, 0.05) is 23.2 Å². The molecule has 0 bridgehead atoms. The number of nitrogens with two attached hydrogens (primary N) is 1. The van der Waals surface area contributed by atoms with Crippen LogP contribution in [0.4, 0.5) is 5.69 Å². The number of hydrogen-bond acceptors (Lipinski definition) is 2. The molecule has 22 heavy (non-hydrogen) atoms. The van der Waals surface area contributed by atoms with E-state index in [1.807, 2.05) is 0 Å². The van der Waals surface area contributed by atoms with E-state index in [0.717, 1.165) is 0 Å². The average Bonchev–Trinajstić information content (AvgIpc) is 2.45. The molecule has 3 N–H and O–H groups in total. The van der Waals surface area contributed by atoms with E-state index in [9.17, 15) is 4.79 Å². The van der Waals surface area contributed by atoms with Crippen LogP contribution in [0.3, 0.4) is 0 Å². The molecular weight excluding hydrogens is 296 g/mol. The predicted octanol–water partition coefficient (Wildman–Crippen LogP) is 3.71. The fraction of sp³-hybridized carbons (Fsp3) is 0.278. The van der Waals surface area contributed by atoms with Gasteiger partial charge in [-0.1, -0.05) is 49.7 Å². The lowest BCUT2D eigenvalue weighted by Crippen LogP contribution is -2.36. The molecule has 2 aromatic rings. The number of carbonyl (C=O) groups excluding carboxylic acids is 1. The Balaban J connectivity index is 0.00000242. The van der Waals surface area contributed by atoms with Crippen molar-refractivity contribution in [3.05, 3.63) is 65.2 Å². The summed E-state index contributed by atoms with van der Waals surface area (Å²) < 4.78 is 0. The topological polar surface area (TPSA) is 55.1 Å². The van der Waals surface area contributed by atoms with E-state index in [4.69, 9.17) is 5.73 Å². The second kappa shape index (κ2) is 7.32. The highest BCUT2D eigenvalue weighted by atomic mass is 35.5. The van der Waals surface area contributed by atoms with E-state index in [1.165, 1.54) is 11.1 Å². The molecule has 0 aliphatic rings. The second-order valence-electron chi connectivity index (χ2n) is 6.06. The van der Waals surface area contributed by atoms with Crippen LogP contribution in [0.15, 0.2) is 48.5 Å². The molecule has 0 spiro atoms. The second-order valence-corrected chi connectivity index (χ2v) is 6.06. The lowest BCUT2D eigenvalue weighted by Gasteiger charge is -2.26. The van der Waals surface area contributed by atoms with Gasteiger partial charge in [-0.3, -0.25) is 4.79 Å². The lowest BCUT2D eigenvalue weighted by molar-refractivity contribution is 0.0945. The number of anilines is 1. The molecule has 0 aliphatic carbocycles. The van der Waals surface area contributed by atoms with Crippen LogP contribution in [0.1, 0.15) is 35.3 Å². The maximum Gasteiger partial charge on any atom is 0.251 e. The van der Waals surface area contributed by atoms with E-state index in [-0.39, 0.29) is 23.7 Å². The summed E-state index contributed by atoms with van der Waals surface area (Å²) >= 11 is 0. The van der Waals surface area contributed by atoms with Gasteiger partial charge in [-0.05, 0) is 30.7 Å². The van der Waals surface area contributed by atoms with Gasteiger partial charge in [0.05, 0.1) is 0 Å². The number of halogens is 1. The third kappa shape index (κ3) is 4.50. The zero-order chi connectivity index (χ0) is 15.5. The van der Waals surface area contributed by atoms with Gasteiger partial charge in [0.25, 0.3) is 5.91 Å². The Hall–Kier alpha value is -2.00. The molecule has 2 rings (SSSR count). The molecule has 0 heterocycles. The zero-order valence-corrected chi connectivity index (χ0v) is 14.0. The summed E-state index contributed by atoms with van der Waals surface area (Å²) in [6, 6.07) is 15.4. The SMILES string of the molecule is Cc1ccc(C(C)(C)CNC(=O)c2cccc(N)c2)cc1.Cl. The van der Waals surface area contributed by atoms with Crippen LogP contribution < -0.4 is 11.1 Å². The number of amides is 1. The summed E-state index contributed by atoms with van der Waals surface area (Å²) in [5.74, 6) is -0.0949. The van der Waals surface area contributed by atoms with Crippen molar-refractivity contribution in [1.29, 1.82) is 0 Å². The van der Waals surface area contributed by atoms with Crippen molar-refractivity contribution < 1.29 is 4.79 Å². The van der Waals surface area contributed by atoms with Crippen molar-refractivity contribution in [2.75, 3.05) is 12.3 Å². The minimum atomic E-state index is -0.121. The molecular formula is C18H23ClN2O. The van der Waals surface area contributed by atoms with Gasteiger partial charge in [-0.25, -0.2) is 0 Å². The maximum absolute atomic E-state index is 12.2. The molecule has 0 aromatic heterocycles. The van der Waals surface area contributed by atoms with Gasteiger partial charge in [0.15, 0.2) is 0 Å². The van der Waals surface area contributed by atoms with Crippen LogP contribution in [0.25, 0.3) is 0 Å². The van der Waals surface area contributed by atoms with Gasteiger partial charge in [-0.2, -0.15) is 0 Å². The Morgan fingerprint density at radius 3 is 2.36 bits per heavy atom. The van der Waals surface area contributed by atoms with Crippen molar-refractivity contribution in [2.24, 2.45) is 0 Å². The van der Waals surface area contributed by atoms with E-state index in [1.54, 1.807) is 24.3 Å². The number of aryl methyl sites for hydroxylation is 1. The number of carbonyl (C=O) groups is 1. The number of nitrogen functional groups attached to an aromatic ring is 1. The molecule has 0 saturated carbocycles. The van der Waals surface area contributed by atoms with Crippen molar-refractivity contribution in [2.45, 2.75) is 26.2 Å². The monoisotopic (exact) mass is 318 g/mol. The number of nitrogens with one attached hydrogen (secondary N) is 1. The Bertz CT molecular complexity index is 636. The highest BCUT2D eigenvalue weighted by Gasteiger charge is 2.21. The van der Waals surface area contributed by atoms with E-state index >= 15 is 0 Å². The first-order valence-electron chi connectivity index (χ1n) is 7.09. The molecule has 0 fully saturated rings. The van der Waals surface area contributed by atoms with E-state index < -0.39 is 0 Å². The minimum Gasteiger partial charge on any atom is -0.399 e. The standard InChI is InChI=1S/C18H22N2O.ClH/c1-13-7-9-15(10-8-13)18(2,3)12-20-17(21)14-5-4-6-16(19)11-14;/h4-11H,12,19H2,1-3H3,(H,20,21);1H. The molecule has 3 nitrogen and oxygen atoms in total. The highest BCUT2D eigenvalue weighted by molar-refractivity contribution is 5.95. The Kier molecular flexibility index (Phi) is 6.01. The van der Waals surface area contributed by atoms with Crippen molar-refractivity contribution in [3.8, 4) is 0 Å². The van der Waals surface area contributed by atoms with Gasteiger partial charge in [0.1, 0.15) is 0 Å². The van der Waals surface area contributed by atoms with Gasteiger partial charge >= 0.3 is 0 Å². The molecule has 2 aromatic carbocycles. The van der Waals surface area contributed by atoms with Crippen LogP contribution in [0, 0.1) is 6.92 Å². The van der Waals surface area contributed by atoms with Crippen molar-refractivity contribution in [1.82, 2.24) is 5.32 Å². The summed E-state index contributed by atoms with van der Waals surface area (Å²) in [6.07, 6.45) is 0. The molecule has 0 radical (unpaired) electrons. The van der Waals surface area contributed by atoms with Crippen LogP contribution in [0.5, 0.6) is 0 Å². The van der Waals surface area contributed by atoms with Gasteiger partial charge in [0.2, 0.25) is 0 Å². The third-order valence-corrected chi connectivity index (χ3v) is 3.67.